The lowest BCUT2D eigenvalue weighted by molar-refractivity contribution is 0.101. The standard InChI is InChI=1S/C16H10Cl2O4.C12H8O2/c17-7-11(19)9-1-3-13-15(5-9)22-14-4-2-10(12(20)8-18)6-16(14)21-13;1-2-6-10-9(5-1)13-11-7-3-4-8-12(11)14-10/h1-6H,7-8H2;1-8H. The summed E-state index contributed by atoms with van der Waals surface area (Å²) >= 11 is 11.1. The Morgan fingerprint density at radius 3 is 1.11 bits per heavy atom. The monoisotopic (exact) mass is 520 g/mol. The molecule has 4 aromatic rings. The van der Waals surface area contributed by atoms with E-state index in [2.05, 4.69) is 0 Å². The van der Waals surface area contributed by atoms with Crippen LogP contribution in [0.25, 0.3) is 0 Å². The number of carbonyl (C=O) groups is 2. The van der Waals surface area contributed by atoms with Crippen molar-refractivity contribution in [1.29, 1.82) is 0 Å². The number of ether oxygens (including phenoxy) is 4. The topological polar surface area (TPSA) is 71.1 Å². The minimum absolute atomic E-state index is 0.0971. The lowest BCUT2D eigenvalue weighted by atomic mass is 10.1. The largest absolute Gasteiger partial charge is 0.450 e. The van der Waals surface area contributed by atoms with Gasteiger partial charge in [0.05, 0.1) is 11.8 Å². The zero-order valence-corrected chi connectivity index (χ0v) is 20.2. The van der Waals surface area contributed by atoms with Crippen LogP contribution in [-0.4, -0.2) is 23.3 Å². The second kappa shape index (κ2) is 10.3. The molecule has 0 N–H and O–H groups in total. The molecule has 6 rings (SSSR count). The van der Waals surface area contributed by atoms with Crippen LogP contribution in [0.4, 0.5) is 0 Å². The third kappa shape index (κ3) is 4.87. The van der Waals surface area contributed by atoms with Crippen molar-refractivity contribution in [2.45, 2.75) is 0 Å². The first-order valence-electron chi connectivity index (χ1n) is 10.9. The van der Waals surface area contributed by atoms with Crippen molar-refractivity contribution in [3.63, 3.8) is 0 Å². The van der Waals surface area contributed by atoms with Gasteiger partial charge in [-0.05, 0) is 60.7 Å². The molecule has 0 unspecified atom stereocenters. The van der Waals surface area contributed by atoms with Gasteiger partial charge in [-0.3, -0.25) is 9.59 Å². The second-order valence-corrected chi connectivity index (χ2v) is 8.27. The Balaban J connectivity index is 0.000000163. The van der Waals surface area contributed by atoms with Gasteiger partial charge in [-0.25, -0.2) is 0 Å². The molecule has 2 aliphatic rings. The van der Waals surface area contributed by atoms with Gasteiger partial charge in [0.1, 0.15) is 0 Å². The summed E-state index contributed by atoms with van der Waals surface area (Å²) in [5, 5.41) is 0. The first-order chi connectivity index (χ1) is 17.6. The van der Waals surface area contributed by atoms with Crippen molar-refractivity contribution in [3.05, 3.63) is 96.1 Å². The Labute approximate surface area is 216 Å². The van der Waals surface area contributed by atoms with E-state index < -0.39 is 0 Å². The van der Waals surface area contributed by atoms with Crippen LogP contribution in [-0.2, 0) is 0 Å². The Hall–Kier alpha value is -4.00. The van der Waals surface area contributed by atoms with Crippen LogP contribution in [0.2, 0.25) is 0 Å². The summed E-state index contributed by atoms with van der Waals surface area (Å²) < 4.78 is 22.7. The summed E-state index contributed by atoms with van der Waals surface area (Å²) in [6.07, 6.45) is 0. The van der Waals surface area contributed by atoms with Crippen LogP contribution < -0.4 is 18.9 Å². The average molecular weight is 521 g/mol. The number of benzene rings is 4. The first-order valence-corrected chi connectivity index (χ1v) is 12.0. The maximum Gasteiger partial charge on any atom is 0.177 e. The van der Waals surface area contributed by atoms with Gasteiger partial charge >= 0.3 is 0 Å². The lowest BCUT2D eigenvalue weighted by Gasteiger charge is -2.21. The Morgan fingerprint density at radius 2 is 0.778 bits per heavy atom. The zero-order valence-electron chi connectivity index (χ0n) is 18.7. The second-order valence-electron chi connectivity index (χ2n) is 7.74. The Kier molecular flexibility index (Phi) is 6.80. The van der Waals surface area contributed by atoms with Crippen LogP contribution in [0, 0.1) is 0 Å². The Morgan fingerprint density at radius 1 is 0.472 bits per heavy atom. The molecule has 0 aliphatic carbocycles. The van der Waals surface area contributed by atoms with E-state index in [0.717, 1.165) is 23.0 Å². The summed E-state index contributed by atoms with van der Waals surface area (Å²) in [4.78, 5) is 23.2. The van der Waals surface area contributed by atoms with Gasteiger partial charge in [0.2, 0.25) is 0 Å². The van der Waals surface area contributed by atoms with E-state index in [4.69, 9.17) is 42.1 Å². The number of rotatable bonds is 4. The van der Waals surface area contributed by atoms with E-state index in [1.807, 2.05) is 48.5 Å². The van der Waals surface area contributed by atoms with E-state index in [-0.39, 0.29) is 23.3 Å². The third-order valence-corrected chi connectivity index (χ3v) is 5.84. The number of Topliss-reactive ketones (excluding diaryl/α,β-unsaturated/α-hetero) is 2. The van der Waals surface area contributed by atoms with Gasteiger partial charge < -0.3 is 18.9 Å². The molecule has 0 atom stereocenters. The molecule has 0 bridgehead atoms. The molecule has 0 saturated heterocycles. The van der Waals surface area contributed by atoms with E-state index >= 15 is 0 Å². The first kappa shape index (κ1) is 23.7. The fraction of sp³-hybridized carbons (Fsp3) is 0.0714. The maximum absolute atomic E-state index is 11.6. The number of ketones is 2. The number of halogens is 2. The quantitative estimate of drug-likeness (QED) is 0.173. The fourth-order valence-electron chi connectivity index (χ4n) is 3.56. The highest BCUT2D eigenvalue weighted by atomic mass is 35.5. The molecule has 0 saturated carbocycles. The fourth-order valence-corrected chi connectivity index (χ4v) is 3.87. The van der Waals surface area contributed by atoms with Gasteiger partial charge in [0.25, 0.3) is 0 Å². The van der Waals surface area contributed by atoms with Crippen molar-refractivity contribution < 1.29 is 28.5 Å². The van der Waals surface area contributed by atoms with Crippen LogP contribution in [0.3, 0.4) is 0 Å². The Bertz CT molecular complexity index is 1310. The third-order valence-electron chi connectivity index (χ3n) is 5.35. The SMILES string of the molecule is O=C(CCl)c1ccc2c(c1)Oc1ccc(C(=O)CCl)cc1O2.c1ccc2c(c1)Oc1ccccc1O2. The van der Waals surface area contributed by atoms with Gasteiger partial charge in [0, 0.05) is 11.1 Å². The predicted molar refractivity (Wildman–Crippen MR) is 136 cm³/mol. The molecule has 180 valence electrons. The number of hydrogen-bond donors (Lipinski definition) is 0. The smallest absolute Gasteiger partial charge is 0.177 e. The van der Waals surface area contributed by atoms with Crippen molar-refractivity contribution in [2.24, 2.45) is 0 Å². The summed E-state index contributed by atoms with van der Waals surface area (Å²) in [5.41, 5.74) is 0.907. The number of carbonyl (C=O) groups excluding carboxylic acids is 2. The summed E-state index contributed by atoms with van der Waals surface area (Å²) in [7, 11) is 0. The normalized spacial score (nSPS) is 11.8. The van der Waals surface area contributed by atoms with E-state index in [9.17, 15) is 9.59 Å². The molecule has 0 aromatic heterocycles. The average Bonchev–Trinajstić information content (AvgIpc) is 2.93. The molecule has 0 fully saturated rings. The number of fused-ring (bicyclic) bond motifs is 4. The molecular formula is C28H18Cl2O6. The van der Waals surface area contributed by atoms with E-state index in [0.29, 0.717) is 34.1 Å². The van der Waals surface area contributed by atoms with Crippen molar-refractivity contribution in [3.8, 4) is 46.0 Å². The van der Waals surface area contributed by atoms with Gasteiger partial charge in [0.15, 0.2) is 57.6 Å². The molecule has 4 aromatic carbocycles. The van der Waals surface area contributed by atoms with Crippen molar-refractivity contribution in [2.75, 3.05) is 11.8 Å². The summed E-state index contributed by atoms with van der Waals surface area (Å²) in [5.74, 6) is 4.29. The summed E-state index contributed by atoms with van der Waals surface area (Å²) in [6, 6.07) is 25.0. The highest BCUT2D eigenvalue weighted by Crippen LogP contribution is 2.46. The molecule has 2 aliphatic heterocycles. The highest BCUT2D eigenvalue weighted by Gasteiger charge is 2.22. The van der Waals surface area contributed by atoms with Crippen molar-refractivity contribution in [1.82, 2.24) is 0 Å². The van der Waals surface area contributed by atoms with Crippen LogP contribution in [0.1, 0.15) is 20.7 Å². The molecule has 2 heterocycles. The van der Waals surface area contributed by atoms with Gasteiger partial charge in [-0.2, -0.15) is 0 Å². The van der Waals surface area contributed by atoms with Crippen LogP contribution >= 0.6 is 23.2 Å². The predicted octanol–water partition coefficient (Wildman–Crippen LogP) is 8.01. The zero-order chi connectivity index (χ0) is 25.1. The molecule has 36 heavy (non-hydrogen) atoms. The van der Waals surface area contributed by atoms with E-state index in [1.165, 1.54) is 0 Å². The lowest BCUT2D eigenvalue weighted by Crippen LogP contribution is -2.05. The van der Waals surface area contributed by atoms with Gasteiger partial charge in [-0.1, -0.05) is 24.3 Å². The minimum atomic E-state index is -0.193. The van der Waals surface area contributed by atoms with Crippen LogP contribution in [0.15, 0.2) is 84.9 Å². The molecule has 0 amide bonds. The number of alkyl halides is 2. The molecular weight excluding hydrogens is 503 g/mol. The number of para-hydroxylation sites is 4. The van der Waals surface area contributed by atoms with Crippen LogP contribution in [0.5, 0.6) is 46.0 Å². The minimum Gasteiger partial charge on any atom is -0.450 e. The molecule has 0 spiro atoms. The van der Waals surface area contributed by atoms with Gasteiger partial charge in [-0.15, -0.1) is 23.2 Å². The molecule has 8 heteroatoms. The molecule has 6 nitrogen and oxygen atoms in total. The summed E-state index contributed by atoms with van der Waals surface area (Å²) in [6.45, 7) is 0. The highest BCUT2D eigenvalue weighted by molar-refractivity contribution is 6.31. The number of hydrogen-bond acceptors (Lipinski definition) is 6. The maximum atomic E-state index is 11.6. The molecule has 0 radical (unpaired) electrons. The van der Waals surface area contributed by atoms with E-state index in [1.54, 1.807) is 36.4 Å². The van der Waals surface area contributed by atoms with Crippen molar-refractivity contribution >= 4 is 34.8 Å².